The normalized spacial score (nSPS) is 14.9. The Hall–Kier alpha value is -2.04. The Bertz CT molecular complexity index is 803. The number of hydrogen-bond acceptors (Lipinski definition) is 3. The smallest absolute Gasteiger partial charge is 0.262 e. The van der Waals surface area contributed by atoms with Crippen LogP contribution in [0, 0.1) is 6.92 Å². The van der Waals surface area contributed by atoms with Gasteiger partial charge in [-0.25, -0.2) is 0 Å². The molecular formula is C23H29ClN2O2. The van der Waals surface area contributed by atoms with Crippen LogP contribution in [0.1, 0.15) is 43.2 Å². The van der Waals surface area contributed by atoms with Crippen molar-refractivity contribution >= 4 is 23.2 Å². The molecule has 1 saturated carbocycles. The van der Waals surface area contributed by atoms with Crippen LogP contribution in [0.25, 0.3) is 0 Å². The summed E-state index contributed by atoms with van der Waals surface area (Å²) in [5.41, 5.74) is 2.91. The van der Waals surface area contributed by atoms with Crippen molar-refractivity contribution in [1.29, 1.82) is 0 Å². The van der Waals surface area contributed by atoms with E-state index in [1.807, 2.05) is 31.2 Å². The van der Waals surface area contributed by atoms with Crippen molar-refractivity contribution in [3.05, 3.63) is 58.6 Å². The zero-order chi connectivity index (χ0) is 19.9. The number of para-hydroxylation sites is 1. The maximum Gasteiger partial charge on any atom is 0.262 e. The van der Waals surface area contributed by atoms with E-state index >= 15 is 0 Å². The van der Waals surface area contributed by atoms with Gasteiger partial charge in [0.15, 0.2) is 6.61 Å². The van der Waals surface area contributed by atoms with Crippen molar-refractivity contribution < 1.29 is 9.53 Å². The average Bonchev–Trinajstić information content (AvgIpc) is 2.71. The Kier molecular flexibility index (Phi) is 7.35. The quantitative estimate of drug-likeness (QED) is 0.673. The molecule has 0 aliphatic heterocycles. The molecular weight excluding hydrogens is 372 g/mol. The van der Waals surface area contributed by atoms with Gasteiger partial charge in [0.05, 0.1) is 0 Å². The summed E-state index contributed by atoms with van der Waals surface area (Å²) in [5.74, 6) is 0.475. The number of carbonyl (C=O) groups is 1. The summed E-state index contributed by atoms with van der Waals surface area (Å²) in [6.45, 7) is 2.71. The van der Waals surface area contributed by atoms with Crippen molar-refractivity contribution in [2.75, 3.05) is 19.0 Å². The van der Waals surface area contributed by atoms with Crippen molar-refractivity contribution in [1.82, 2.24) is 4.90 Å². The zero-order valence-corrected chi connectivity index (χ0v) is 17.5. The molecule has 28 heavy (non-hydrogen) atoms. The Balaban J connectivity index is 1.57. The molecule has 0 radical (unpaired) electrons. The van der Waals surface area contributed by atoms with Gasteiger partial charge in [0.25, 0.3) is 5.91 Å². The third-order valence-electron chi connectivity index (χ3n) is 5.41. The highest BCUT2D eigenvalue weighted by atomic mass is 35.5. The van der Waals surface area contributed by atoms with Crippen molar-refractivity contribution in [2.45, 2.75) is 51.6 Å². The minimum absolute atomic E-state index is 0.0339. The maximum absolute atomic E-state index is 12.4. The van der Waals surface area contributed by atoms with Crippen LogP contribution in [0.15, 0.2) is 42.5 Å². The monoisotopic (exact) mass is 400 g/mol. The van der Waals surface area contributed by atoms with Gasteiger partial charge in [-0.1, -0.05) is 49.1 Å². The lowest BCUT2D eigenvalue weighted by Gasteiger charge is -2.31. The molecule has 0 saturated heterocycles. The van der Waals surface area contributed by atoms with Gasteiger partial charge >= 0.3 is 0 Å². The summed E-state index contributed by atoms with van der Waals surface area (Å²) in [6, 6.07) is 14.0. The number of aryl methyl sites for hydroxylation is 1. The van der Waals surface area contributed by atoms with E-state index in [0.29, 0.717) is 16.8 Å². The van der Waals surface area contributed by atoms with Crippen LogP contribution < -0.4 is 10.1 Å². The fourth-order valence-corrected chi connectivity index (χ4v) is 3.86. The summed E-state index contributed by atoms with van der Waals surface area (Å²) in [4.78, 5) is 14.8. The van der Waals surface area contributed by atoms with Gasteiger partial charge in [-0.15, -0.1) is 0 Å². The second-order valence-electron chi connectivity index (χ2n) is 7.61. The number of amides is 1. The molecule has 1 aliphatic carbocycles. The molecule has 0 spiro atoms. The lowest BCUT2D eigenvalue weighted by Crippen LogP contribution is -2.33. The van der Waals surface area contributed by atoms with Gasteiger partial charge in [0.2, 0.25) is 0 Å². The highest BCUT2D eigenvalue weighted by Crippen LogP contribution is 2.25. The molecule has 150 valence electrons. The predicted molar refractivity (Wildman–Crippen MR) is 115 cm³/mol. The summed E-state index contributed by atoms with van der Waals surface area (Å²) < 4.78 is 5.61. The minimum atomic E-state index is -0.166. The summed E-state index contributed by atoms with van der Waals surface area (Å²) in [6.07, 6.45) is 6.51. The first-order chi connectivity index (χ1) is 13.5. The standard InChI is InChI=1S/C23H29ClN2O2/c1-17-14-20(12-13-21(17)24)28-16-23(27)25-22-11-7-6-8-18(22)15-26(2)19-9-4-3-5-10-19/h6-8,11-14,19H,3-5,9-10,15-16H2,1-2H3,(H,25,27). The molecule has 2 aromatic rings. The lowest BCUT2D eigenvalue weighted by atomic mass is 9.94. The van der Waals surface area contributed by atoms with E-state index in [1.165, 1.54) is 32.1 Å². The zero-order valence-electron chi connectivity index (χ0n) is 16.7. The van der Waals surface area contributed by atoms with E-state index in [2.05, 4.69) is 23.3 Å². The molecule has 5 heteroatoms. The second-order valence-corrected chi connectivity index (χ2v) is 8.02. The van der Waals surface area contributed by atoms with Crippen LogP contribution in [0.4, 0.5) is 5.69 Å². The van der Waals surface area contributed by atoms with E-state index in [1.54, 1.807) is 12.1 Å². The molecule has 1 aliphatic rings. The van der Waals surface area contributed by atoms with E-state index in [-0.39, 0.29) is 12.5 Å². The Morgan fingerprint density at radius 3 is 2.68 bits per heavy atom. The molecule has 1 N–H and O–H groups in total. The van der Waals surface area contributed by atoms with E-state index in [9.17, 15) is 4.79 Å². The lowest BCUT2D eigenvalue weighted by molar-refractivity contribution is -0.118. The van der Waals surface area contributed by atoms with E-state index < -0.39 is 0 Å². The fourth-order valence-electron chi connectivity index (χ4n) is 3.74. The average molecular weight is 401 g/mol. The molecule has 3 rings (SSSR count). The third-order valence-corrected chi connectivity index (χ3v) is 5.83. The number of rotatable bonds is 7. The molecule has 0 unspecified atom stereocenters. The number of ether oxygens (including phenoxy) is 1. The number of carbonyl (C=O) groups excluding carboxylic acids is 1. The number of hydrogen-bond donors (Lipinski definition) is 1. The van der Waals surface area contributed by atoms with Crippen molar-refractivity contribution in [2.24, 2.45) is 0 Å². The SMILES string of the molecule is Cc1cc(OCC(=O)Nc2ccccc2CN(C)C2CCCCC2)ccc1Cl. The van der Waals surface area contributed by atoms with Crippen LogP contribution in [0.2, 0.25) is 5.02 Å². The van der Waals surface area contributed by atoms with Crippen LogP contribution in [-0.4, -0.2) is 30.5 Å². The first-order valence-electron chi connectivity index (χ1n) is 10.00. The molecule has 0 atom stereocenters. The molecule has 1 amide bonds. The first-order valence-corrected chi connectivity index (χ1v) is 10.4. The molecule has 2 aromatic carbocycles. The predicted octanol–water partition coefficient (Wildman–Crippen LogP) is 5.43. The first kappa shape index (κ1) is 20.7. The molecule has 0 aromatic heterocycles. The van der Waals surface area contributed by atoms with Crippen molar-refractivity contribution in [3.8, 4) is 5.75 Å². The van der Waals surface area contributed by atoms with Crippen LogP contribution in [-0.2, 0) is 11.3 Å². The highest BCUT2D eigenvalue weighted by Gasteiger charge is 2.19. The number of anilines is 1. The number of nitrogens with zero attached hydrogens (tertiary/aromatic N) is 1. The molecule has 0 bridgehead atoms. The Labute approximate surface area is 172 Å². The van der Waals surface area contributed by atoms with E-state index in [0.717, 1.165) is 23.4 Å². The van der Waals surface area contributed by atoms with Gasteiger partial charge in [0.1, 0.15) is 5.75 Å². The molecule has 0 heterocycles. The van der Waals surface area contributed by atoms with Crippen LogP contribution >= 0.6 is 11.6 Å². The highest BCUT2D eigenvalue weighted by molar-refractivity contribution is 6.31. The summed E-state index contributed by atoms with van der Waals surface area (Å²) in [5, 5.41) is 3.69. The van der Waals surface area contributed by atoms with Gasteiger partial charge in [-0.05, 0) is 62.2 Å². The van der Waals surface area contributed by atoms with Gasteiger partial charge in [-0.3, -0.25) is 9.69 Å². The fraction of sp³-hybridized carbons (Fsp3) is 0.435. The number of halogens is 1. The molecule has 4 nitrogen and oxygen atoms in total. The van der Waals surface area contributed by atoms with Gasteiger partial charge < -0.3 is 10.1 Å². The van der Waals surface area contributed by atoms with E-state index in [4.69, 9.17) is 16.3 Å². The Morgan fingerprint density at radius 2 is 1.93 bits per heavy atom. The second kappa shape index (κ2) is 9.94. The number of nitrogens with one attached hydrogen (secondary N) is 1. The van der Waals surface area contributed by atoms with Crippen molar-refractivity contribution in [3.63, 3.8) is 0 Å². The van der Waals surface area contributed by atoms with Crippen LogP contribution in [0.3, 0.4) is 0 Å². The topological polar surface area (TPSA) is 41.6 Å². The van der Waals surface area contributed by atoms with Gasteiger partial charge in [-0.2, -0.15) is 0 Å². The maximum atomic E-state index is 12.4. The minimum Gasteiger partial charge on any atom is -0.484 e. The Morgan fingerprint density at radius 1 is 1.18 bits per heavy atom. The van der Waals surface area contributed by atoms with Crippen LogP contribution in [0.5, 0.6) is 5.75 Å². The molecule has 1 fully saturated rings. The number of benzene rings is 2. The summed E-state index contributed by atoms with van der Waals surface area (Å²) >= 11 is 6.03. The third kappa shape index (κ3) is 5.73. The summed E-state index contributed by atoms with van der Waals surface area (Å²) in [7, 11) is 2.18. The largest absolute Gasteiger partial charge is 0.484 e. The van der Waals surface area contributed by atoms with Gasteiger partial charge in [0, 0.05) is 23.3 Å².